The van der Waals surface area contributed by atoms with Crippen LogP contribution in [0, 0.1) is 0 Å². The second-order valence-electron chi connectivity index (χ2n) is 3.73. The summed E-state index contributed by atoms with van der Waals surface area (Å²) in [6.07, 6.45) is 2.04. The van der Waals surface area contributed by atoms with Crippen molar-refractivity contribution in [2.45, 2.75) is 50.8 Å². The molecule has 3 nitrogen and oxygen atoms in total. The zero-order valence-corrected chi connectivity index (χ0v) is 11.4. The van der Waals surface area contributed by atoms with Gasteiger partial charge >= 0.3 is 0 Å². The van der Waals surface area contributed by atoms with Crippen molar-refractivity contribution in [1.82, 2.24) is 9.97 Å². The predicted molar refractivity (Wildman–Crippen MR) is 71.2 cm³/mol. The second-order valence-corrected chi connectivity index (χ2v) is 5.19. The monoisotopic (exact) mass is 239 g/mol. The molecule has 1 rings (SSSR count). The molecule has 1 atom stereocenters. The molecular formula is C12H21N3S. The molecule has 90 valence electrons. The van der Waals surface area contributed by atoms with Crippen LogP contribution in [0.3, 0.4) is 0 Å². The van der Waals surface area contributed by atoms with Gasteiger partial charge in [-0.25, -0.2) is 9.97 Å². The standard InChI is InChI=1S/C12H21N3S/c1-5-9(4)16-12-8-11(13-7-3)14-10(6-2)15-12/h8-9H,5-7H2,1-4H3,(H,13,14,15). The maximum atomic E-state index is 4.53. The molecule has 0 aliphatic heterocycles. The van der Waals surface area contributed by atoms with Gasteiger partial charge in [0.25, 0.3) is 0 Å². The Morgan fingerprint density at radius 3 is 2.62 bits per heavy atom. The Morgan fingerprint density at radius 1 is 1.31 bits per heavy atom. The first-order valence-electron chi connectivity index (χ1n) is 5.98. The molecule has 0 fully saturated rings. The third-order valence-electron chi connectivity index (χ3n) is 2.32. The van der Waals surface area contributed by atoms with Crippen molar-refractivity contribution in [2.24, 2.45) is 0 Å². The van der Waals surface area contributed by atoms with Crippen LogP contribution in [0.1, 0.15) is 39.9 Å². The van der Waals surface area contributed by atoms with Gasteiger partial charge < -0.3 is 5.32 Å². The van der Waals surface area contributed by atoms with Gasteiger partial charge in [0.2, 0.25) is 0 Å². The number of rotatable bonds is 6. The molecule has 1 aromatic rings. The Labute approximate surface area is 102 Å². The molecule has 0 aliphatic carbocycles. The number of aryl methyl sites for hydroxylation is 1. The fourth-order valence-corrected chi connectivity index (χ4v) is 2.17. The third-order valence-corrected chi connectivity index (χ3v) is 3.51. The number of anilines is 1. The van der Waals surface area contributed by atoms with Gasteiger partial charge in [-0.1, -0.05) is 20.8 Å². The van der Waals surface area contributed by atoms with Gasteiger partial charge in [-0.2, -0.15) is 0 Å². The molecule has 1 heterocycles. The smallest absolute Gasteiger partial charge is 0.131 e. The van der Waals surface area contributed by atoms with Crippen LogP contribution < -0.4 is 5.32 Å². The molecule has 1 aromatic heterocycles. The lowest BCUT2D eigenvalue weighted by molar-refractivity contribution is 0.869. The van der Waals surface area contributed by atoms with Crippen LogP contribution in [0.15, 0.2) is 11.1 Å². The molecule has 0 saturated heterocycles. The van der Waals surface area contributed by atoms with E-state index in [4.69, 9.17) is 0 Å². The summed E-state index contributed by atoms with van der Waals surface area (Å²) in [5.74, 6) is 1.87. The number of nitrogens with zero attached hydrogens (tertiary/aromatic N) is 2. The first kappa shape index (κ1) is 13.3. The Bertz CT molecular complexity index is 328. The second kappa shape index (κ2) is 6.74. The summed E-state index contributed by atoms with van der Waals surface area (Å²) in [4.78, 5) is 8.97. The van der Waals surface area contributed by atoms with E-state index in [1.54, 1.807) is 0 Å². The number of thioether (sulfide) groups is 1. The quantitative estimate of drug-likeness (QED) is 0.610. The van der Waals surface area contributed by atoms with Crippen molar-refractivity contribution in [2.75, 3.05) is 11.9 Å². The van der Waals surface area contributed by atoms with Crippen molar-refractivity contribution in [3.63, 3.8) is 0 Å². The molecule has 0 radical (unpaired) electrons. The van der Waals surface area contributed by atoms with Gasteiger partial charge in [-0.15, -0.1) is 11.8 Å². The molecule has 0 saturated carbocycles. The van der Waals surface area contributed by atoms with Crippen LogP contribution in [0.2, 0.25) is 0 Å². The summed E-state index contributed by atoms with van der Waals surface area (Å²) in [7, 11) is 0. The minimum absolute atomic E-state index is 0.606. The van der Waals surface area contributed by atoms with E-state index in [-0.39, 0.29) is 0 Å². The van der Waals surface area contributed by atoms with E-state index in [1.807, 2.05) is 17.8 Å². The lowest BCUT2D eigenvalue weighted by Crippen LogP contribution is -2.04. The summed E-state index contributed by atoms with van der Waals surface area (Å²) in [6.45, 7) is 9.49. The van der Waals surface area contributed by atoms with E-state index in [0.29, 0.717) is 5.25 Å². The van der Waals surface area contributed by atoms with Crippen molar-refractivity contribution >= 4 is 17.6 Å². The topological polar surface area (TPSA) is 37.8 Å². The Hall–Kier alpha value is -0.770. The summed E-state index contributed by atoms with van der Waals surface area (Å²) in [6, 6.07) is 2.04. The van der Waals surface area contributed by atoms with Crippen molar-refractivity contribution in [3.05, 3.63) is 11.9 Å². The molecular weight excluding hydrogens is 218 g/mol. The van der Waals surface area contributed by atoms with Crippen LogP contribution in [-0.4, -0.2) is 21.8 Å². The largest absolute Gasteiger partial charge is 0.370 e. The molecule has 1 unspecified atom stereocenters. The molecule has 0 spiro atoms. The van der Waals surface area contributed by atoms with Crippen molar-refractivity contribution < 1.29 is 0 Å². The molecule has 0 bridgehead atoms. The van der Waals surface area contributed by atoms with Crippen LogP contribution in [-0.2, 0) is 6.42 Å². The third kappa shape index (κ3) is 4.00. The van der Waals surface area contributed by atoms with Gasteiger partial charge in [0.1, 0.15) is 16.7 Å². The van der Waals surface area contributed by atoms with Crippen LogP contribution >= 0.6 is 11.8 Å². The molecule has 16 heavy (non-hydrogen) atoms. The number of hydrogen-bond donors (Lipinski definition) is 1. The Kier molecular flexibility index (Phi) is 5.60. The zero-order valence-electron chi connectivity index (χ0n) is 10.6. The average Bonchev–Trinajstić information content (AvgIpc) is 2.29. The van der Waals surface area contributed by atoms with Gasteiger partial charge in [-0.05, 0) is 13.3 Å². The predicted octanol–water partition coefficient (Wildman–Crippen LogP) is 3.36. The lowest BCUT2D eigenvalue weighted by Gasteiger charge is -2.10. The van der Waals surface area contributed by atoms with E-state index in [1.165, 1.54) is 0 Å². The maximum absolute atomic E-state index is 4.53. The van der Waals surface area contributed by atoms with Gasteiger partial charge in [-0.3, -0.25) is 0 Å². The highest BCUT2D eigenvalue weighted by molar-refractivity contribution is 7.99. The fourth-order valence-electron chi connectivity index (χ4n) is 1.25. The number of aromatic nitrogens is 2. The summed E-state index contributed by atoms with van der Waals surface area (Å²) in [5, 5.41) is 4.94. The van der Waals surface area contributed by atoms with E-state index in [2.05, 4.69) is 43.0 Å². The minimum Gasteiger partial charge on any atom is -0.370 e. The van der Waals surface area contributed by atoms with Crippen LogP contribution in [0.25, 0.3) is 0 Å². The molecule has 1 N–H and O–H groups in total. The Morgan fingerprint density at radius 2 is 2.06 bits per heavy atom. The molecule has 4 heteroatoms. The number of hydrogen-bond acceptors (Lipinski definition) is 4. The van der Waals surface area contributed by atoms with E-state index >= 15 is 0 Å². The zero-order chi connectivity index (χ0) is 12.0. The van der Waals surface area contributed by atoms with E-state index in [0.717, 1.165) is 36.1 Å². The highest BCUT2D eigenvalue weighted by Gasteiger charge is 2.07. The first-order valence-corrected chi connectivity index (χ1v) is 6.86. The van der Waals surface area contributed by atoms with Gasteiger partial charge in [0, 0.05) is 24.3 Å². The first-order chi connectivity index (χ1) is 7.69. The molecule has 0 aliphatic rings. The normalized spacial score (nSPS) is 12.5. The van der Waals surface area contributed by atoms with E-state index in [9.17, 15) is 0 Å². The molecule has 0 amide bonds. The van der Waals surface area contributed by atoms with E-state index < -0.39 is 0 Å². The van der Waals surface area contributed by atoms with Gasteiger partial charge in [0.15, 0.2) is 0 Å². The SMILES string of the molecule is CCNc1cc(SC(C)CC)nc(CC)n1. The highest BCUT2D eigenvalue weighted by Crippen LogP contribution is 2.25. The Balaban J connectivity index is 2.85. The summed E-state index contributed by atoms with van der Waals surface area (Å²) < 4.78 is 0. The summed E-state index contributed by atoms with van der Waals surface area (Å²) in [5.41, 5.74) is 0. The lowest BCUT2D eigenvalue weighted by atomic mass is 10.4. The van der Waals surface area contributed by atoms with Crippen molar-refractivity contribution in [3.8, 4) is 0 Å². The van der Waals surface area contributed by atoms with Crippen molar-refractivity contribution in [1.29, 1.82) is 0 Å². The fraction of sp³-hybridized carbons (Fsp3) is 0.667. The average molecular weight is 239 g/mol. The highest BCUT2D eigenvalue weighted by atomic mass is 32.2. The minimum atomic E-state index is 0.606. The van der Waals surface area contributed by atoms with Crippen LogP contribution in [0.4, 0.5) is 5.82 Å². The summed E-state index contributed by atoms with van der Waals surface area (Å²) >= 11 is 1.82. The molecule has 0 aromatic carbocycles. The van der Waals surface area contributed by atoms with Crippen LogP contribution in [0.5, 0.6) is 0 Å². The number of nitrogens with one attached hydrogen (secondary N) is 1. The van der Waals surface area contributed by atoms with Gasteiger partial charge in [0.05, 0.1) is 0 Å². The maximum Gasteiger partial charge on any atom is 0.131 e.